The molecule has 0 atom stereocenters. The molecule has 6 heteroatoms. The van der Waals surface area contributed by atoms with Gasteiger partial charge in [-0.25, -0.2) is 4.39 Å². The van der Waals surface area contributed by atoms with Crippen molar-refractivity contribution in [2.75, 3.05) is 18.4 Å². The lowest BCUT2D eigenvalue weighted by atomic mass is 9.94. The molecule has 1 aliphatic carbocycles. The number of aryl methyl sites for hydroxylation is 1. The third kappa shape index (κ3) is 3.63. The Bertz CT molecular complexity index is 871. The van der Waals surface area contributed by atoms with Gasteiger partial charge in [0.25, 0.3) is 11.8 Å². The number of nitrogens with one attached hydrogen (secondary N) is 1. The van der Waals surface area contributed by atoms with Crippen LogP contribution in [-0.4, -0.2) is 29.8 Å². The van der Waals surface area contributed by atoms with Crippen molar-refractivity contribution in [2.45, 2.75) is 44.9 Å². The molecule has 0 spiro atoms. The fourth-order valence-electron chi connectivity index (χ4n) is 3.95. The summed E-state index contributed by atoms with van der Waals surface area (Å²) >= 11 is 1.48. The lowest BCUT2D eigenvalue weighted by Crippen LogP contribution is -2.36. The second kappa shape index (κ2) is 7.80. The summed E-state index contributed by atoms with van der Waals surface area (Å²) in [6, 6.07) is 5.93. The standard InChI is InChI=1S/C21H23FN2O2S/c22-16-10-4-2-8-14(16)19(25)23-20-18(15-9-3-5-11-17(15)27-20)21(26)24-12-6-1-7-13-24/h2,4,8,10H,1,3,5-7,9,11-13H2,(H,23,25). The van der Waals surface area contributed by atoms with Crippen LogP contribution in [-0.2, 0) is 12.8 Å². The molecule has 4 nitrogen and oxygen atoms in total. The first-order valence-electron chi connectivity index (χ1n) is 9.65. The predicted molar refractivity (Wildman–Crippen MR) is 105 cm³/mol. The van der Waals surface area contributed by atoms with Crippen LogP contribution >= 0.6 is 11.3 Å². The van der Waals surface area contributed by atoms with Crippen molar-refractivity contribution in [3.05, 3.63) is 51.7 Å². The summed E-state index contributed by atoms with van der Waals surface area (Å²) in [5.74, 6) is -1.04. The highest BCUT2D eigenvalue weighted by molar-refractivity contribution is 7.17. The van der Waals surface area contributed by atoms with E-state index in [0.29, 0.717) is 10.6 Å². The number of anilines is 1. The number of likely N-dealkylation sites (tertiary alicyclic amines) is 1. The molecule has 2 heterocycles. The smallest absolute Gasteiger partial charge is 0.259 e. The first-order valence-corrected chi connectivity index (χ1v) is 10.5. The molecule has 142 valence electrons. The summed E-state index contributed by atoms with van der Waals surface area (Å²) in [6.45, 7) is 1.54. The van der Waals surface area contributed by atoms with Crippen LogP contribution in [0.2, 0.25) is 0 Å². The molecule has 1 aromatic carbocycles. The van der Waals surface area contributed by atoms with Gasteiger partial charge in [0.1, 0.15) is 10.8 Å². The number of halogens is 1. The molecule has 2 amide bonds. The molecular formula is C21H23FN2O2S. The number of piperidine rings is 1. The van der Waals surface area contributed by atoms with Gasteiger partial charge >= 0.3 is 0 Å². The SMILES string of the molecule is O=C(Nc1sc2c(c1C(=O)N1CCCCC1)CCCC2)c1ccccc1F. The highest BCUT2D eigenvalue weighted by Gasteiger charge is 2.30. The molecule has 1 fully saturated rings. The highest BCUT2D eigenvalue weighted by Crippen LogP contribution is 2.39. The maximum Gasteiger partial charge on any atom is 0.259 e. The topological polar surface area (TPSA) is 49.4 Å². The Balaban J connectivity index is 1.67. The molecule has 0 saturated carbocycles. The number of amides is 2. The molecule has 1 N–H and O–H groups in total. The van der Waals surface area contributed by atoms with Gasteiger partial charge in [0.15, 0.2) is 0 Å². The second-order valence-electron chi connectivity index (χ2n) is 7.20. The van der Waals surface area contributed by atoms with Crippen LogP contribution in [0, 0.1) is 5.82 Å². The van der Waals surface area contributed by atoms with Gasteiger partial charge in [0.05, 0.1) is 11.1 Å². The van der Waals surface area contributed by atoms with Gasteiger partial charge in [-0.05, 0) is 62.6 Å². The molecule has 4 rings (SSSR count). The summed E-state index contributed by atoms with van der Waals surface area (Å²) in [7, 11) is 0. The Labute approximate surface area is 162 Å². The van der Waals surface area contributed by atoms with Crippen LogP contribution < -0.4 is 5.32 Å². The van der Waals surface area contributed by atoms with Crippen LogP contribution in [0.15, 0.2) is 24.3 Å². The molecule has 1 saturated heterocycles. The average Bonchev–Trinajstić information content (AvgIpc) is 3.06. The van der Waals surface area contributed by atoms with Crippen LogP contribution in [0.1, 0.15) is 63.3 Å². The minimum Gasteiger partial charge on any atom is -0.339 e. The number of benzene rings is 1. The van der Waals surface area contributed by atoms with E-state index >= 15 is 0 Å². The van der Waals surface area contributed by atoms with Crippen LogP contribution in [0.4, 0.5) is 9.39 Å². The van der Waals surface area contributed by atoms with Crippen molar-refractivity contribution in [3.8, 4) is 0 Å². The quantitative estimate of drug-likeness (QED) is 0.835. The second-order valence-corrected chi connectivity index (χ2v) is 8.31. The van der Waals surface area contributed by atoms with Crippen molar-refractivity contribution < 1.29 is 14.0 Å². The maximum atomic E-state index is 14.0. The molecular weight excluding hydrogens is 363 g/mol. The minimum atomic E-state index is -0.555. The largest absolute Gasteiger partial charge is 0.339 e. The third-order valence-electron chi connectivity index (χ3n) is 5.37. The highest BCUT2D eigenvalue weighted by atomic mass is 32.1. The summed E-state index contributed by atoms with van der Waals surface area (Å²) in [5, 5.41) is 3.41. The van der Waals surface area contributed by atoms with Crippen molar-refractivity contribution in [1.82, 2.24) is 4.90 Å². The van der Waals surface area contributed by atoms with Gasteiger partial charge in [0, 0.05) is 18.0 Å². The van der Waals surface area contributed by atoms with Crippen molar-refractivity contribution >= 4 is 28.2 Å². The normalized spacial score (nSPS) is 16.7. The van der Waals surface area contributed by atoms with Crippen LogP contribution in [0.25, 0.3) is 0 Å². The summed E-state index contributed by atoms with van der Waals surface area (Å²) in [6.07, 6.45) is 7.18. The first-order chi connectivity index (χ1) is 13.1. The number of fused-ring (bicyclic) bond motifs is 1. The van der Waals surface area contributed by atoms with Crippen LogP contribution in [0.3, 0.4) is 0 Å². The van der Waals surface area contributed by atoms with Gasteiger partial charge in [-0.2, -0.15) is 0 Å². The number of hydrogen-bond acceptors (Lipinski definition) is 3. The Morgan fingerprint density at radius 3 is 2.52 bits per heavy atom. The monoisotopic (exact) mass is 386 g/mol. The van der Waals surface area contributed by atoms with Crippen molar-refractivity contribution in [1.29, 1.82) is 0 Å². The summed E-state index contributed by atoms with van der Waals surface area (Å²) in [4.78, 5) is 29.0. The lowest BCUT2D eigenvalue weighted by Gasteiger charge is -2.27. The van der Waals surface area contributed by atoms with E-state index in [-0.39, 0.29) is 11.5 Å². The van der Waals surface area contributed by atoms with E-state index < -0.39 is 11.7 Å². The van der Waals surface area contributed by atoms with Gasteiger partial charge in [0.2, 0.25) is 0 Å². The number of carbonyl (C=O) groups excluding carboxylic acids is 2. The van der Waals surface area contributed by atoms with E-state index in [0.717, 1.165) is 63.6 Å². The van der Waals surface area contributed by atoms with Crippen LogP contribution in [0.5, 0.6) is 0 Å². The van der Waals surface area contributed by atoms with Crippen molar-refractivity contribution in [3.63, 3.8) is 0 Å². The number of carbonyl (C=O) groups is 2. The van der Waals surface area contributed by atoms with Gasteiger partial charge in [-0.15, -0.1) is 11.3 Å². The first kappa shape index (κ1) is 18.2. The van der Waals surface area contributed by atoms with E-state index in [1.807, 2.05) is 4.90 Å². The molecule has 1 aromatic heterocycles. The zero-order valence-electron chi connectivity index (χ0n) is 15.2. The summed E-state index contributed by atoms with van der Waals surface area (Å²) < 4.78 is 14.0. The fraction of sp³-hybridized carbons (Fsp3) is 0.429. The van der Waals surface area contributed by atoms with E-state index in [9.17, 15) is 14.0 Å². The molecule has 0 radical (unpaired) electrons. The number of hydrogen-bond donors (Lipinski definition) is 1. The molecule has 0 unspecified atom stereocenters. The van der Waals surface area contributed by atoms with Gasteiger partial charge < -0.3 is 10.2 Å². The fourth-order valence-corrected chi connectivity index (χ4v) is 5.23. The number of rotatable bonds is 3. The Morgan fingerprint density at radius 1 is 1.00 bits per heavy atom. The average molecular weight is 386 g/mol. The molecule has 2 aromatic rings. The molecule has 0 bridgehead atoms. The lowest BCUT2D eigenvalue weighted by molar-refractivity contribution is 0.0724. The predicted octanol–water partition coefficient (Wildman–Crippen LogP) is 4.64. The zero-order chi connectivity index (χ0) is 18.8. The van der Waals surface area contributed by atoms with Crippen molar-refractivity contribution in [2.24, 2.45) is 0 Å². The molecule has 2 aliphatic rings. The Morgan fingerprint density at radius 2 is 1.74 bits per heavy atom. The maximum absolute atomic E-state index is 14.0. The molecule has 27 heavy (non-hydrogen) atoms. The third-order valence-corrected chi connectivity index (χ3v) is 6.58. The van der Waals surface area contributed by atoms with Gasteiger partial charge in [-0.1, -0.05) is 12.1 Å². The summed E-state index contributed by atoms with van der Waals surface area (Å²) in [5.41, 5.74) is 1.73. The zero-order valence-corrected chi connectivity index (χ0v) is 16.0. The Hall–Kier alpha value is -2.21. The number of nitrogens with zero attached hydrogens (tertiary/aromatic N) is 1. The number of thiophene rings is 1. The van der Waals surface area contributed by atoms with Gasteiger partial charge in [-0.3, -0.25) is 9.59 Å². The van der Waals surface area contributed by atoms with E-state index in [2.05, 4.69) is 5.32 Å². The van der Waals surface area contributed by atoms with E-state index in [1.54, 1.807) is 12.1 Å². The molecule has 1 aliphatic heterocycles. The van der Waals surface area contributed by atoms with E-state index in [1.165, 1.54) is 28.3 Å². The minimum absolute atomic E-state index is 0.000225. The Kier molecular flexibility index (Phi) is 5.25. The van der Waals surface area contributed by atoms with E-state index in [4.69, 9.17) is 0 Å².